The molecule has 3 N–H and O–H groups in total. The molecule has 0 aliphatic carbocycles. The van der Waals surface area contributed by atoms with Crippen LogP contribution >= 0.6 is 11.6 Å². The summed E-state index contributed by atoms with van der Waals surface area (Å²) in [6, 6.07) is 23.0. The maximum absolute atomic E-state index is 9.36. The minimum absolute atomic E-state index is 0.0393. The van der Waals surface area contributed by atoms with Crippen LogP contribution in [0.4, 0.5) is 11.4 Å². The Balaban J connectivity index is 1.70. The first-order chi connectivity index (χ1) is 16.1. The fourth-order valence-corrected chi connectivity index (χ4v) is 4.87. The van der Waals surface area contributed by atoms with Gasteiger partial charge in [-0.1, -0.05) is 48.0 Å². The molecule has 0 saturated carbocycles. The van der Waals surface area contributed by atoms with Gasteiger partial charge >= 0.3 is 0 Å². The van der Waals surface area contributed by atoms with E-state index in [4.69, 9.17) is 11.6 Å². The van der Waals surface area contributed by atoms with E-state index in [9.17, 15) is 15.3 Å². The molecule has 1 aliphatic heterocycles. The second-order valence-electron chi connectivity index (χ2n) is 8.36. The van der Waals surface area contributed by atoms with Crippen LogP contribution in [0.3, 0.4) is 0 Å². The van der Waals surface area contributed by atoms with Gasteiger partial charge in [-0.2, -0.15) is 0 Å². The quantitative estimate of drug-likeness (QED) is 0.398. The third-order valence-electron chi connectivity index (χ3n) is 6.33. The number of fused-ring (bicyclic) bond motifs is 1. The Hall–Kier alpha value is -2.57. The highest BCUT2D eigenvalue weighted by atomic mass is 35.5. The van der Waals surface area contributed by atoms with Crippen LogP contribution in [0, 0.1) is 0 Å². The van der Waals surface area contributed by atoms with Crippen molar-refractivity contribution in [2.24, 2.45) is 0 Å². The summed E-state index contributed by atoms with van der Waals surface area (Å²) in [6.45, 7) is 2.79. The first-order valence-corrected chi connectivity index (χ1v) is 11.8. The Morgan fingerprint density at radius 1 is 0.788 bits per heavy atom. The van der Waals surface area contributed by atoms with Gasteiger partial charge in [0.05, 0.1) is 19.8 Å². The Morgan fingerprint density at radius 3 is 2.00 bits per heavy atom. The summed E-state index contributed by atoms with van der Waals surface area (Å²) < 4.78 is 0. The number of nitrogens with zero attached hydrogens (tertiary/aromatic N) is 2. The standard InChI is InChI=1S/C27H31ClN2O3/c28-24-6-1-20(2-7-24)27(21-3-8-25(9-4-21)29(13-16-31)14-17-32)23-5-10-26-22(19-23)11-12-30(26)15-18-33/h1-10,19,27,31-33H,11-18H2. The molecule has 1 heterocycles. The van der Waals surface area contributed by atoms with Gasteiger partial charge in [0.15, 0.2) is 0 Å². The van der Waals surface area contributed by atoms with Crippen LogP contribution in [0.2, 0.25) is 5.02 Å². The molecule has 0 aromatic heterocycles. The van der Waals surface area contributed by atoms with Crippen molar-refractivity contribution in [2.75, 3.05) is 55.8 Å². The fraction of sp³-hybridized carbons (Fsp3) is 0.333. The smallest absolute Gasteiger partial charge is 0.0606 e. The number of anilines is 2. The first kappa shape index (κ1) is 23.6. The van der Waals surface area contributed by atoms with Crippen molar-refractivity contribution in [3.8, 4) is 0 Å². The Bertz CT molecular complexity index is 1030. The predicted molar refractivity (Wildman–Crippen MR) is 135 cm³/mol. The minimum Gasteiger partial charge on any atom is -0.395 e. The van der Waals surface area contributed by atoms with Gasteiger partial charge in [-0.15, -0.1) is 0 Å². The number of aliphatic hydroxyl groups is 3. The third kappa shape index (κ3) is 5.33. The zero-order valence-corrected chi connectivity index (χ0v) is 19.5. The lowest BCUT2D eigenvalue weighted by Gasteiger charge is -2.25. The van der Waals surface area contributed by atoms with E-state index in [0.29, 0.717) is 24.7 Å². The van der Waals surface area contributed by atoms with Crippen LogP contribution in [0.5, 0.6) is 0 Å². The zero-order valence-electron chi connectivity index (χ0n) is 18.7. The van der Waals surface area contributed by atoms with Crippen LogP contribution in [-0.4, -0.2) is 61.3 Å². The highest BCUT2D eigenvalue weighted by molar-refractivity contribution is 6.30. The number of hydrogen-bond donors (Lipinski definition) is 3. The molecule has 3 aromatic rings. The van der Waals surface area contributed by atoms with Crippen molar-refractivity contribution in [3.63, 3.8) is 0 Å². The van der Waals surface area contributed by atoms with Gasteiger partial charge in [0.2, 0.25) is 0 Å². The SMILES string of the molecule is OCCN(CCO)c1ccc(C(c2ccc(Cl)cc2)c2ccc3c(c2)CCN3CCO)cc1. The Kier molecular flexibility index (Phi) is 7.89. The molecule has 3 aromatic carbocycles. The minimum atomic E-state index is 0.0393. The molecule has 0 radical (unpaired) electrons. The molecule has 0 spiro atoms. The van der Waals surface area contributed by atoms with Crippen molar-refractivity contribution in [1.82, 2.24) is 0 Å². The molecule has 0 amide bonds. The number of halogens is 1. The summed E-state index contributed by atoms with van der Waals surface area (Å²) in [7, 11) is 0. The molecule has 33 heavy (non-hydrogen) atoms. The third-order valence-corrected chi connectivity index (χ3v) is 6.59. The second kappa shape index (κ2) is 11.0. The van der Waals surface area contributed by atoms with Crippen LogP contribution < -0.4 is 9.80 Å². The van der Waals surface area contributed by atoms with Crippen LogP contribution in [0.1, 0.15) is 28.2 Å². The van der Waals surface area contributed by atoms with Crippen LogP contribution in [0.25, 0.3) is 0 Å². The van der Waals surface area contributed by atoms with Crippen molar-refractivity contribution < 1.29 is 15.3 Å². The summed E-state index contributed by atoms with van der Waals surface area (Å²) in [6.07, 6.45) is 0.979. The maximum Gasteiger partial charge on any atom is 0.0606 e. The molecule has 1 atom stereocenters. The molecular formula is C27H31ClN2O3. The molecule has 1 unspecified atom stereocenters. The molecule has 0 fully saturated rings. The Morgan fingerprint density at radius 2 is 1.39 bits per heavy atom. The van der Waals surface area contributed by atoms with Gasteiger partial charge < -0.3 is 25.1 Å². The van der Waals surface area contributed by atoms with Gasteiger partial charge in [0, 0.05) is 48.5 Å². The van der Waals surface area contributed by atoms with Crippen molar-refractivity contribution in [2.45, 2.75) is 12.3 Å². The molecule has 1 aliphatic rings. The first-order valence-electron chi connectivity index (χ1n) is 11.5. The average molecular weight is 467 g/mol. The van der Waals surface area contributed by atoms with Gasteiger partial charge in [-0.25, -0.2) is 0 Å². The Labute approximate surface area is 200 Å². The topological polar surface area (TPSA) is 67.2 Å². The van der Waals surface area contributed by atoms with E-state index in [1.807, 2.05) is 17.0 Å². The molecular weight excluding hydrogens is 436 g/mol. The van der Waals surface area contributed by atoms with E-state index in [-0.39, 0.29) is 25.7 Å². The number of rotatable bonds is 10. The lowest BCUT2D eigenvalue weighted by molar-refractivity contribution is 0.281. The number of β-amino-alcohol motifs (C(OH)–C–C–N with tert-alkyl or cyclic N) is 1. The summed E-state index contributed by atoms with van der Waals surface area (Å²) >= 11 is 6.17. The number of aliphatic hydroxyl groups excluding tert-OH is 3. The van der Waals surface area contributed by atoms with Gasteiger partial charge in [0.1, 0.15) is 0 Å². The summed E-state index contributed by atoms with van der Waals surface area (Å²) in [4.78, 5) is 4.22. The highest BCUT2D eigenvalue weighted by Crippen LogP contribution is 2.37. The number of benzene rings is 3. The zero-order chi connectivity index (χ0) is 23.2. The average Bonchev–Trinajstić information content (AvgIpc) is 3.23. The van der Waals surface area contributed by atoms with Gasteiger partial charge in [-0.05, 0) is 59.0 Å². The molecule has 6 heteroatoms. The fourth-order valence-electron chi connectivity index (χ4n) is 4.74. The maximum atomic E-state index is 9.36. The lowest BCUT2D eigenvalue weighted by Crippen LogP contribution is -2.29. The highest BCUT2D eigenvalue weighted by Gasteiger charge is 2.23. The molecule has 0 saturated heterocycles. The van der Waals surface area contributed by atoms with E-state index in [1.165, 1.54) is 27.9 Å². The molecule has 4 rings (SSSR count). The molecule has 5 nitrogen and oxygen atoms in total. The lowest BCUT2D eigenvalue weighted by atomic mass is 9.84. The molecule has 174 valence electrons. The van der Waals surface area contributed by atoms with Crippen LogP contribution in [0.15, 0.2) is 66.7 Å². The van der Waals surface area contributed by atoms with Gasteiger partial charge in [-0.3, -0.25) is 0 Å². The van der Waals surface area contributed by atoms with Gasteiger partial charge in [0.25, 0.3) is 0 Å². The van der Waals surface area contributed by atoms with Crippen LogP contribution in [-0.2, 0) is 6.42 Å². The number of hydrogen-bond acceptors (Lipinski definition) is 5. The predicted octanol–water partition coefficient (Wildman–Crippen LogP) is 3.67. The van der Waals surface area contributed by atoms with Crippen molar-refractivity contribution in [1.29, 1.82) is 0 Å². The second-order valence-corrected chi connectivity index (χ2v) is 8.80. The normalized spacial score (nSPS) is 13.8. The summed E-state index contributed by atoms with van der Waals surface area (Å²) in [5.41, 5.74) is 7.05. The summed E-state index contributed by atoms with van der Waals surface area (Å²) in [5, 5.41) is 28.8. The van der Waals surface area contributed by atoms with E-state index < -0.39 is 0 Å². The van der Waals surface area contributed by atoms with Crippen molar-refractivity contribution in [3.05, 3.63) is 94.0 Å². The molecule has 0 bridgehead atoms. The van der Waals surface area contributed by atoms with E-state index in [2.05, 4.69) is 59.5 Å². The monoisotopic (exact) mass is 466 g/mol. The summed E-state index contributed by atoms with van der Waals surface area (Å²) in [5.74, 6) is 0.0534. The largest absolute Gasteiger partial charge is 0.395 e. The van der Waals surface area contributed by atoms with E-state index in [0.717, 1.165) is 18.7 Å². The van der Waals surface area contributed by atoms with E-state index >= 15 is 0 Å². The van der Waals surface area contributed by atoms with Crippen molar-refractivity contribution >= 4 is 23.0 Å². The van der Waals surface area contributed by atoms with E-state index in [1.54, 1.807) is 0 Å².